The van der Waals surface area contributed by atoms with Gasteiger partial charge in [0.25, 0.3) is 0 Å². The molecule has 0 spiro atoms. The van der Waals surface area contributed by atoms with E-state index in [9.17, 15) is 0 Å². The largest absolute Gasteiger partial charge is 0.327 e. The van der Waals surface area contributed by atoms with Crippen LogP contribution < -0.4 is 5.73 Å². The molecule has 15 heavy (non-hydrogen) atoms. The molecule has 3 rings (SSSR count). The van der Waals surface area contributed by atoms with Gasteiger partial charge in [-0.2, -0.15) is 11.8 Å². The van der Waals surface area contributed by atoms with Crippen molar-refractivity contribution in [1.29, 1.82) is 0 Å². The molecule has 2 saturated heterocycles. The molecule has 2 heterocycles. The third-order valence-electron chi connectivity index (χ3n) is 4.59. The van der Waals surface area contributed by atoms with Crippen molar-refractivity contribution in [3.63, 3.8) is 0 Å². The summed E-state index contributed by atoms with van der Waals surface area (Å²) in [7, 11) is 0. The number of hydrogen-bond donors (Lipinski definition) is 1. The Labute approximate surface area is 97.0 Å². The number of fused-ring (bicyclic) bond motifs is 2. The predicted molar refractivity (Wildman–Crippen MR) is 66.1 cm³/mol. The van der Waals surface area contributed by atoms with E-state index < -0.39 is 0 Å². The van der Waals surface area contributed by atoms with E-state index in [1.54, 1.807) is 0 Å². The summed E-state index contributed by atoms with van der Waals surface area (Å²) in [6.07, 6.45) is 5.64. The van der Waals surface area contributed by atoms with E-state index in [-0.39, 0.29) is 0 Å². The Hall–Kier alpha value is 0.270. The molecule has 0 aromatic rings. The second kappa shape index (κ2) is 4.27. The van der Waals surface area contributed by atoms with E-state index in [2.05, 4.69) is 16.7 Å². The van der Waals surface area contributed by atoms with Gasteiger partial charge in [-0.1, -0.05) is 0 Å². The van der Waals surface area contributed by atoms with Crippen molar-refractivity contribution in [1.82, 2.24) is 4.90 Å². The number of nitrogens with two attached hydrogens (primary N) is 1. The Morgan fingerprint density at radius 3 is 2.40 bits per heavy atom. The fourth-order valence-corrected chi connectivity index (χ4v) is 4.80. The number of likely N-dealkylation sites (tertiary alicyclic amines) is 1. The molecule has 3 aliphatic rings. The van der Waals surface area contributed by atoms with E-state index in [4.69, 9.17) is 5.73 Å². The van der Waals surface area contributed by atoms with E-state index in [0.717, 1.165) is 17.9 Å². The van der Waals surface area contributed by atoms with Crippen LogP contribution in [0.3, 0.4) is 0 Å². The lowest BCUT2D eigenvalue weighted by atomic mass is 9.91. The Morgan fingerprint density at radius 1 is 1.07 bits per heavy atom. The topological polar surface area (TPSA) is 29.3 Å². The summed E-state index contributed by atoms with van der Waals surface area (Å²) in [4.78, 5) is 2.76. The molecule has 0 amide bonds. The minimum atomic E-state index is 0.525. The summed E-state index contributed by atoms with van der Waals surface area (Å²) in [6, 6.07) is 1.40. The first-order valence-electron chi connectivity index (χ1n) is 6.42. The molecule has 0 aromatic carbocycles. The van der Waals surface area contributed by atoms with Gasteiger partial charge in [0, 0.05) is 30.9 Å². The fourth-order valence-electron chi connectivity index (χ4n) is 3.61. The van der Waals surface area contributed by atoms with Gasteiger partial charge in [0.15, 0.2) is 0 Å². The zero-order valence-corrected chi connectivity index (χ0v) is 10.2. The van der Waals surface area contributed by atoms with E-state index in [1.807, 2.05) is 0 Å². The van der Waals surface area contributed by atoms with Crippen LogP contribution in [0.5, 0.6) is 0 Å². The lowest BCUT2D eigenvalue weighted by Crippen LogP contribution is -2.53. The van der Waals surface area contributed by atoms with Gasteiger partial charge in [0.1, 0.15) is 0 Å². The van der Waals surface area contributed by atoms with Gasteiger partial charge in [0.2, 0.25) is 0 Å². The van der Waals surface area contributed by atoms with Gasteiger partial charge in [-0.15, -0.1) is 0 Å². The highest BCUT2D eigenvalue weighted by atomic mass is 32.2. The molecular formula is C12H22N2S. The van der Waals surface area contributed by atoms with Crippen LogP contribution in [0.4, 0.5) is 0 Å². The van der Waals surface area contributed by atoms with Crippen LogP contribution in [0.1, 0.15) is 25.7 Å². The van der Waals surface area contributed by atoms with Crippen LogP contribution in [-0.4, -0.2) is 41.6 Å². The summed E-state index contributed by atoms with van der Waals surface area (Å²) in [5.74, 6) is 4.39. The minimum absolute atomic E-state index is 0.525. The lowest BCUT2D eigenvalue weighted by molar-refractivity contribution is 0.105. The van der Waals surface area contributed by atoms with Crippen LogP contribution >= 0.6 is 11.8 Å². The molecule has 2 bridgehead atoms. The molecular weight excluding hydrogens is 204 g/mol. The van der Waals surface area contributed by atoms with Gasteiger partial charge < -0.3 is 5.73 Å². The molecule has 2 aliphatic heterocycles. The summed E-state index contributed by atoms with van der Waals surface area (Å²) in [6.45, 7) is 2.59. The summed E-state index contributed by atoms with van der Waals surface area (Å²) in [5, 5.41) is 0. The maximum Gasteiger partial charge on any atom is 0.0186 e. The maximum absolute atomic E-state index is 6.24. The van der Waals surface area contributed by atoms with Crippen LogP contribution in [0, 0.1) is 11.8 Å². The molecule has 86 valence electrons. The minimum Gasteiger partial charge on any atom is -0.327 e. The highest BCUT2D eigenvalue weighted by Gasteiger charge is 2.41. The first-order chi connectivity index (χ1) is 7.34. The van der Waals surface area contributed by atoms with E-state index in [1.165, 1.54) is 50.3 Å². The molecule has 0 aromatic heterocycles. The van der Waals surface area contributed by atoms with Crippen molar-refractivity contribution in [3.05, 3.63) is 0 Å². The molecule has 0 radical (unpaired) electrons. The molecule has 3 fully saturated rings. The quantitative estimate of drug-likeness (QED) is 0.735. The first-order valence-corrected chi connectivity index (χ1v) is 7.57. The van der Waals surface area contributed by atoms with Crippen LogP contribution in [0.15, 0.2) is 0 Å². The zero-order chi connectivity index (χ0) is 10.3. The average molecular weight is 226 g/mol. The molecule has 2 N–H and O–H groups in total. The molecule has 2 nitrogen and oxygen atoms in total. The summed E-state index contributed by atoms with van der Waals surface area (Å²) >= 11 is 2.15. The van der Waals surface area contributed by atoms with Gasteiger partial charge in [0.05, 0.1) is 0 Å². The smallest absolute Gasteiger partial charge is 0.0186 e. The van der Waals surface area contributed by atoms with Crippen molar-refractivity contribution < 1.29 is 0 Å². The van der Waals surface area contributed by atoms with Gasteiger partial charge in [-0.05, 0) is 43.3 Å². The second-order valence-electron chi connectivity index (χ2n) is 5.50. The first kappa shape index (κ1) is 10.4. The fraction of sp³-hybridized carbons (Fsp3) is 1.00. The average Bonchev–Trinajstić information content (AvgIpc) is 2.54. The Balaban J connectivity index is 1.64. The Bertz CT molecular complexity index is 214. The Kier molecular flexibility index (Phi) is 2.97. The van der Waals surface area contributed by atoms with Crippen molar-refractivity contribution in [2.75, 3.05) is 24.6 Å². The highest BCUT2D eigenvalue weighted by molar-refractivity contribution is 7.99. The molecule has 4 atom stereocenters. The standard InChI is InChI=1S/C12H22N2S/c13-12-9-3-4-10(12)7-14(6-9)11-2-1-5-15-8-11/h9-12H,1-8,13H2/t9-,10+,11-,12?/m0/s1. The monoisotopic (exact) mass is 226 g/mol. The normalized spacial score (nSPS) is 47.0. The van der Waals surface area contributed by atoms with Crippen molar-refractivity contribution in [2.24, 2.45) is 17.6 Å². The Morgan fingerprint density at radius 2 is 1.80 bits per heavy atom. The van der Waals surface area contributed by atoms with Crippen LogP contribution in [0.2, 0.25) is 0 Å². The van der Waals surface area contributed by atoms with Crippen molar-refractivity contribution in [2.45, 2.75) is 37.8 Å². The molecule has 1 saturated carbocycles. The summed E-state index contributed by atoms with van der Waals surface area (Å²) in [5.41, 5.74) is 6.24. The molecule has 1 unspecified atom stereocenters. The summed E-state index contributed by atoms with van der Waals surface area (Å²) < 4.78 is 0. The van der Waals surface area contributed by atoms with Gasteiger partial charge >= 0.3 is 0 Å². The van der Waals surface area contributed by atoms with E-state index in [0.29, 0.717) is 6.04 Å². The van der Waals surface area contributed by atoms with Crippen molar-refractivity contribution in [3.8, 4) is 0 Å². The third-order valence-corrected chi connectivity index (χ3v) is 5.79. The van der Waals surface area contributed by atoms with Crippen molar-refractivity contribution >= 4 is 11.8 Å². The molecule has 3 heteroatoms. The van der Waals surface area contributed by atoms with Gasteiger partial charge in [-0.25, -0.2) is 0 Å². The number of thioether (sulfide) groups is 1. The maximum atomic E-state index is 6.24. The van der Waals surface area contributed by atoms with Gasteiger partial charge in [-0.3, -0.25) is 4.90 Å². The third kappa shape index (κ3) is 1.94. The predicted octanol–water partition coefficient (Wildman–Crippen LogP) is 1.55. The number of hydrogen-bond acceptors (Lipinski definition) is 3. The number of rotatable bonds is 1. The zero-order valence-electron chi connectivity index (χ0n) is 9.40. The highest BCUT2D eigenvalue weighted by Crippen LogP contribution is 2.37. The SMILES string of the molecule is NC1[C@@H]2CC[C@H]1CN([C@H]1CCCSC1)C2. The van der Waals surface area contributed by atoms with Crippen LogP contribution in [0.25, 0.3) is 0 Å². The number of nitrogens with zero attached hydrogens (tertiary/aromatic N) is 1. The second-order valence-corrected chi connectivity index (χ2v) is 6.65. The van der Waals surface area contributed by atoms with Crippen LogP contribution in [-0.2, 0) is 0 Å². The number of piperidine rings is 1. The lowest BCUT2D eigenvalue weighted by Gasteiger charge is -2.42. The van der Waals surface area contributed by atoms with E-state index >= 15 is 0 Å². The molecule has 1 aliphatic carbocycles.